The summed E-state index contributed by atoms with van der Waals surface area (Å²) in [7, 11) is 0. The Morgan fingerprint density at radius 1 is 0.800 bits per heavy atom. The number of halogens is 1. The van der Waals surface area contributed by atoms with Gasteiger partial charge in [0.15, 0.2) is 0 Å². The molecule has 0 aliphatic heterocycles. The van der Waals surface area contributed by atoms with Gasteiger partial charge in [-0.15, -0.1) is 0 Å². The zero-order valence-electron chi connectivity index (χ0n) is 13.3. The van der Waals surface area contributed by atoms with Crippen molar-refractivity contribution in [3.8, 4) is 0 Å². The van der Waals surface area contributed by atoms with E-state index in [0.717, 1.165) is 34.4 Å². The number of rotatable bonds is 4. The van der Waals surface area contributed by atoms with Gasteiger partial charge in [-0.05, 0) is 74.5 Å². The van der Waals surface area contributed by atoms with Crippen molar-refractivity contribution in [3.05, 3.63) is 0 Å². The van der Waals surface area contributed by atoms with Crippen LogP contribution in [0.5, 0.6) is 0 Å². The first-order valence-electron chi connectivity index (χ1n) is 9.42. The topological polar surface area (TPSA) is 0 Å². The molecule has 0 heterocycles. The third-order valence-corrected chi connectivity index (χ3v) is 7.63. The summed E-state index contributed by atoms with van der Waals surface area (Å²) in [6.07, 6.45) is 18.2. The van der Waals surface area contributed by atoms with Crippen molar-refractivity contribution in [2.24, 2.45) is 29.6 Å². The van der Waals surface area contributed by atoms with Gasteiger partial charge in [-0.3, -0.25) is 0 Å². The van der Waals surface area contributed by atoms with Gasteiger partial charge in [0.05, 0.1) is 0 Å². The van der Waals surface area contributed by atoms with Crippen LogP contribution in [0.4, 0.5) is 0 Å². The second kappa shape index (κ2) is 7.16. The Kier molecular flexibility index (Phi) is 5.51. The van der Waals surface area contributed by atoms with E-state index in [2.05, 4.69) is 22.9 Å². The second-order valence-electron chi connectivity index (χ2n) is 8.01. The van der Waals surface area contributed by atoms with Crippen molar-refractivity contribution >= 4 is 15.9 Å². The van der Waals surface area contributed by atoms with E-state index in [1.165, 1.54) is 44.9 Å². The summed E-state index contributed by atoms with van der Waals surface area (Å²) in [5.41, 5.74) is 0. The molecule has 3 rings (SSSR count). The molecule has 0 nitrogen and oxygen atoms in total. The summed E-state index contributed by atoms with van der Waals surface area (Å²) < 4.78 is 0. The molecular weight excluding hydrogens is 308 g/mol. The van der Waals surface area contributed by atoms with E-state index >= 15 is 0 Å². The lowest BCUT2D eigenvalue weighted by Crippen LogP contribution is -2.41. The molecule has 0 amide bonds. The molecule has 116 valence electrons. The van der Waals surface area contributed by atoms with Crippen LogP contribution in [0.2, 0.25) is 0 Å². The lowest BCUT2D eigenvalue weighted by Gasteiger charge is -2.50. The summed E-state index contributed by atoms with van der Waals surface area (Å²) in [6.45, 7) is 2.33. The smallest absolute Gasteiger partial charge is 0.0148 e. The first kappa shape index (κ1) is 15.4. The molecule has 3 fully saturated rings. The highest BCUT2D eigenvalue weighted by Crippen LogP contribution is 2.53. The number of hydrogen-bond acceptors (Lipinski definition) is 0. The van der Waals surface area contributed by atoms with E-state index in [9.17, 15) is 0 Å². The fourth-order valence-electron chi connectivity index (χ4n) is 5.78. The molecule has 1 heteroatoms. The molecule has 3 aliphatic carbocycles. The largest absolute Gasteiger partial charge is 0.0891 e. The number of alkyl halides is 1. The number of hydrogen-bond donors (Lipinski definition) is 0. The zero-order valence-corrected chi connectivity index (χ0v) is 14.9. The third kappa shape index (κ3) is 3.45. The van der Waals surface area contributed by atoms with Crippen LogP contribution in [0.25, 0.3) is 0 Å². The molecule has 0 bridgehead atoms. The van der Waals surface area contributed by atoms with Crippen LogP contribution >= 0.6 is 15.9 Å². The highest BCUT2D eigenvalue weighted by atomic mass is 79.9. The Hall–Kier alpha value is 0.480. The normalized spacial score (nSPS) is 44.7. The van der Waals surface area contributed by atoms with E-state index in [0.29, 0.717) is 0 Å². The molecule has 0 spiro atoms. The maximum Gasteiger partial charge on any atom is 0.0148 e. The molecule has 20 heavy (non-hydrogen) atoms. The molecule has 0 radical (unpaired) electrons. The molecule has 0 aromatic heterocycles. The maximum atomic E-state index is 3.88. The average molecular weight is 341 g/mol. The van der Waals surface area contributed by atoms with Crippen molar-refractivity contribution < 1.29 is 0 Å². The highest BCUT2D eigenvalue weighted by molar-refractivity contribution is 9.09. The van der Waals surface area contributed by atoms with Crippen molar-refractivity contribution in [2.45, 2.75) is 88.8 Å². The van der Waals surface area contributed by atoms with Gasteiger partial charge < -0.3 is 0 Å². The molecule has 3 saturated carbocycles. The van der Waals surface area contributed by atoms with Crippen LogP contribution in [0, 0.1) is 29.6 Å². The quantitative estimate of drug-likeness (QED) is 0.400. The summed E-state index contributed by atoms with van der Waals surface area (Å²) >= 11 is 3.88. The van der Waals surface area contributed by atoms with Crippen LogP contribution in [0.15, 0.2) is 0 Å². The van der Waals surface area contributed by atoms with Crippen LogP contribution in [-0.4, -0.2) is 4.83 Å². The lowest BCUT2D eigenvalue weighted by molar-refractivity contribution is 0.0119. The van der Waals surface area contributed by atoms with E-state index in [4.69, 9.17) is 0 Å². The lowest BCUT2D eigenvalue weighted by atomic mass is 9.56. The van der Waals surface area contributed by atoms with Crippen LogP contribution in [0.3, 0.4) is 0 Å². The molecule has 6 atom stereocenters. The molecular formula is C19H33Br. The summed E-state index contributed by atoms with van der Waals surface area (Å²) in [4.78, 5) is 0.839. The van der Waals surface area contributed by atoms with E-state index in [1.54, 1.807) is 32.1 Å². The Morgan fingerprint density at radius 2 is 1.50 bits per heavy atom. The van der Waals surface area contributed by atoms with Gasteiger partial charge in [0.25, 0.3) is 0 Å². The molecule has 0 aromatic carbocycles. The first-order chi connectivity index (χ1) is 9.78. The van der Waals surface area contributed by atoms with Gasteiger partial charge >= 0.3 is 0 Å². The van der Waals surface area contributed by atoms with Gasteiger partial charge in [-0.1, -0.05) is 55.0 Å². The van der Waals surface area contributed by atoms with Crippen molar-refractivity contribution in [2.75, 3.05) is 0 Å². The van der Waals surface area contributed by atoms with Gasteiger partial charge in [0.2, 0.25) is 0 Å². The van der Waals surface area contributed by atoms with E-state index < -0.39 is 0 Å². The third-order valence-electron chi connectivity index (χ3n) is 6.80. The SMILES string of the molecule is CCCCC[C@H]1CCC2C(CCC3C[C@@H](Br)CCC32)C1. The van der Waals surface area contributed by atoms with Crippen LogP contribution in [-0.2, 0) is 0 Å². The monoisotopic (exact) mass is 340 g/mol. The Balaban J connectivity index is 1.52. The van der Waals surface area contributed by atoms with Crippen molar-refractivity contribution in [1.82, 2.24) is 0 Å². The van der Waals surface area contributed by atoms with E-state index in [1.807, 2.05) is 0 Å². The highest BCUT2D eigenvalue weighted by Gasteiger charge is 2.43. The molecule has 0 N–H and O–H groups in total. The summed E-state index contributed by atoms with van der Waals surface area (Å²) in [5.74, 6) is 5.51. The van der Waals surface area contributed by atoms with Gasteiger partial charge in [-0.2, -0.15) is 0 Å². The van der Waals surface area contributed by atoms with E-state index in [-0.39, 0.29) is 0 Å². The zero-order chi connectivity index (χ0) is 13.9. The fourth-order valence-corrected chi connectivity index (χ4v) is 6.52. The van der Waals surface area contributed by atoms with Crippen molar-refractivity contribution in [1.29, 1.82) is 0 Å². The van der Waals surface area contributed by atoms with Crippen LogP contribution in [0.1, 0.15) is 84.0 Å². The average Bonchev–Trinajstić information content (AvgIpc) is 2.47. The Labute approximate surface area is 134 Å². The maximum absolute atomic E-state index is 3.88. The second-order valence-corrected chi connectivity index (χ2v) is 9.31. The molecule has 0 saturated heterocycles. The Bertz CT molecular complexity index is 300. The summed E-state index contributed by atoms with van der Waals surface area (Å²) in [5, 5.41) is 0. The first-order valence-corrected chi connectivity index (χ1v) is 10.3. The van der Waals surface area contributed by atoms with Crippen LogP contribution < -0.4 is 0 Å². The van der Waals surface area contributed by atoms with Gasteiger partial charge in [0.1, 0.15) is 0 Å². The van der Waals surface area contributed by atoms with Crippen molar-refractivity contribution in [3.63, 3.8) is 0 Å². The predicted molar refractivity (Wildman–Crippen MR) is 91.2 cm³/mol. The minimum atomic E-state index is 0.839. The standard InChI is InChI=1S/C19H33Br/c1-2-3-4-5-14-6-10-18-15(12-14)7-8-16-13-17(20)9-11-19(16)18/h14-19H,2-13H2,1H3/t14-,15?,16?,17-,18?,19?/m0/s1. The molecule has 0 aromatic rings. The van der Waals surface area contributed by atoms with Gasteiger partial charge in [0, 0.05) is 4.83 Å². The number of unbranched alkanes of at least 4 members (excludes halogenated alkanes) is 2. The molecule has 3 aliphatic rings. The minimum Gasteiger partial charge on any atom is -0.0891 e. The molecule has 4 unspecified atom stereocenters. The Morgan fingerprint density at radius 3 is 2.25 bits per heavy atom. The summed E-state index contributed by atoms with van der Waals surface area (Å²) in [6, 6.07) is 0. The number of fused-ring (bicyclic) bond motifs is 3. The minimum absolute atomic E-state index is 0.839. The predicted octanol–water partition coefficient (Wildman–Crippen LogP) is 6.57. The fraction of sp³-hybridized carbons (Fsp3) is 1.00. The van der Waals surface area contributed by atoms with Gasteiger partial charge in [-0.25, -0.2) is 0 Å².